The van der Waals surface area contributed by atoms with Crippen molar-refractivity contribution in [3.8, 4) is 0 Å². The van der Waals surface area contributed by atoms with Crippen molar-refractivity contribution in [3.63, 3.8) is 0 Å². The summed E-state index contributed by atoms with van der Waals surface area (Å²) in [6, 6.07) is 5.75. The van der Waals surface area contributed by atoms with Gasteiger partial charge in [0.15, 0.2) is 8.68 Å². The van der Waals surface area contributed by atoms with E-state index in [1.165, 1.54) is 23.1 Å². The Morgan fingerprint density at radius 1 is 1.32 bits per heavy atom. The molecule has 0 aliphatic heterocycles. The Morgan fingerprint density at radius 3 is 2.89 bits per heavy atom. The highest BCUT2D eigenvalue weighted by Crippen LogP contribution is 2.34. The smallest absolute Gasteiger partial charge is 0.181 e. The van der Waals surface area contributed by atoms with E-state index in [4.69, 9.17) is 0 Å². The number of hydrogen-bond acceptors (Lipinski definition) is 7. The van der Waals surface area contributed by atoms with Gasteiger partial charge in [0.1, 0.15) is 10.7 Å². The third-order valence-corrected chi connectivity index (χ3v) is 5.46. The van der Waals surface area contributed by atoms with Crippen molar-refractivity contribution in [1.82, 2.24) is 19.6 Å². The first-order valence-electron chi connectivity index (χ1n) is 5.44. The Balaban J connectivity index is 1.99. The normalized spacial score (nSPS) is 11.3. The molecular formula is C11H10N4OS3. The Hall–Kier alpha value is -1.09. The summed E-state index contributed by atoms with van der Waals surface area (Å²) in [6.45, 7) is -0.0539. The van der Waals surface area contributed by atoms with E-state index in [1.54, 1.807) is 11.8 Å². The van der Waals surface area contributed by atoms with Crippen LogP contribution in [0.1, 0.15) is 5.69 Å². The number of imidazole rings is 1. The van der Waals surface area contributed by atoms with E-state index in [2.05, 4.69) is 15.2 Å². The highest BCUT2D eigenvalue weighted by atomic mass is 32.2. The Labute approximate surface area is 122 Å². The van der Waals surface area contributed by atoms with E-state index < -0.39 is 0 Å². The van der Waals surface area contributed by atoms with E-state index >= 15 is 0 Å². The molecule has 19 heavy (non-hydrogen) atoms. The predicted octanol–water partition coefficient (Wildman–Crippen LogP) is 2.55. The lowest BCUT2D eigenvalue weighted by Crippen LogP contribution is -1.92. The second kappa shape index (κ2) is 5.49. The molecule has 0 saturated carbocycles. The number of aliphatic hydroxyl groups is 1. The molecular weight excluding hydrogens is 300 g/mol. The minimum Gasteiger partial charge on any atom is -0.390 e. The summed E-state index contributed by atoms with van der Waals surface area (Å²) >= 11 is 4.54. The number of thioether (sulfide) groups is 1. The van der Waals surface area contributed by atoms with Crippen LogP contribution in [0.5, 0.6) is 0 Å². The molecule has 0 aromatic carbocycles. The molecule has 0 saturated heterocycles. The SMILES string of the molecule is CSc1nnc(Sc2nc3ccccn3c2CO)s1. The number of pyridine rings is 1. The zero-order valence-electron chi connectivity index (χ0n) is 9.98. The van der Waals surface area contributed by atoms with Crippen LogP contribution in [0.2, 0.25) is 0 Å². The maximum atomic E-state index is 9.52. The van der Waals surface area contributed by atoms with Crippen LogP contribution in [0.15, 0.2) is 38.1 Å². The molecule has 3 heterocycles. The second-order valence-electron chi connectivity index (χ2n) is 3.59. The summed E-state index contributed by atoms with van der Waals surface area (Å²) in [5.41, 5.74) is 1.60. The molecule has 0 aliphatic rings. The van der Waals surface area contributed by atoms with Gasteiger partial charge in [-0.15, -0.1) is 10.2 Å². The van der Waals surface area contributed by atoms with Gasteiger partial charge in [0.25, 0.3) is 0 Å². The van der Waals surface area contributed by atoms with Crippen molar-refractivity contribution in [2.24, 2.45) is 0 Å². The Morgan fingerprint density at radius 2 is 2.16 bits per heavy atom. The topological polar surface area (TPSA) is 63.3 Å². The van der Waals surface area contributed by atoms with Gasteiger partial charge in [-0.3, -0.25) is 0 Å². The molecule has 5 nitrogen and oxygen atoms in total. The Bertz CT molecular complexity index is 709. The molecule has 0 fully saturated rings. The highest BCUT2D eigenvalue weighted by Gasteiger charge is 2.14. The fourth-order valence-electron chi connectivity index (χ4n) is 1.65. The van der Waals surface area contributed by atoms with Crippen LogP contribution in [0.4, 0.5) is 0 Å². The maximum absolute atomic E-state index is 9.52. The molecule has 3 aromatic rings. The molecule has 0 radical (unpaired) electrons. The van der Waals surface area contributed by atoms with Gasteiger partial charge in [-0.1, -0.05) is 29.2 Å². The Kier molecular flexibility index (Phi) is 3.74. The minimum absolute atomic E-state index is 0.0539. The lowest BCUT2D eigenvalue weighted by molar-refractivity contribution is 0.272. The number of aliphatic hydroxyl groups excluding tert-OH is 1. The molecule has 0 aliphatic carbocycles. The third-order valence-electron chi connectivity index (χ3n) is 2.49. The number of hydrogen-bond donors (Lipinski definition) is 1. The van der Waals surface area contributed by atoms with Gasteiger partial charge in [0.2, 0.25) is 0 Å². The molecule has 0 unspecified atom stereocenters. The van der Waals surface area contributed by atoms with Crippen molar-refractivity contribution in [2.75, 3.05) is 6.26 Å². The monoisotopic (exact) mass is 310 g/mol. The summed E-state index contributed by atoms with van der Waals surface area (Å²) < 4.78 is 3.65. The maximum Gasteiger partial charge on any atom is 0.181 e. The van der Waals surface area contributed by atoms with Gasteiger partial charge in [0.05, 0.1) is 12.3 Å². The summed E-state index contributed by atoms with van der Waals surface area (Å²) in [5, 5.41) is 18.5. The zero-order valence-corrected chi connectivity index (χ0v) is 12.4. The van der Waals surface area contributed by atoms with E-state index in [0.717, 1.165) is 25.0 Å². The third kappa shape index (κ3) is 2.48. The van der Waals surface area contributed by atoms with Crippen molar-refractivity contribution in [3.05, 3.63) is 30.1 Å². The molecule has 0 spiro atoms. The first-order chi connectivity index (χ1) is 9.31. The molecule has 0 amide bonds. The average Bonchev–Trinajstić information content (AvgIpc) is 3.02. The van der Waals surface area contributed by atoms with E-state index in [9.17, 15) is 5.11 Å². The molecule has 8 heteroatoms. The van der Waals surface area contributed by atoms with Crippen LogP contribution in [-0.2, 0) is 6.61 Å². The minimum atomic E-state index is -0.0539. The van der Waals surface area contributed by atoms with E-state index in [0.29, 0.717) is 0 Å². The van der Waals surface area contributed by atoms with Gasteiger partial charge in [-0.05, 0) is 30.2 Å². The van der Waals surface area contributed by atoms with Crippen molar-refractivity contribution >= 4 is 40.5 Å². The van der Waals surface area contributed by atoms with Crippen LogP contribution in [-0.4, -0.2) is 30.9 Å². The number of nitrogens with zero attached hydrogens (tertiary/aromatic N) is 4. The predicted molar refractivity (Wildman–Crippen MR) is 76.9 cm³/mol. The van der Waals surface area contributed by atoms with Gasteiger partial charge < -0.3 is 9.51 Å². The fraction of sp³-hybridized carbons (Fsp3) is 0.182. The molecule has 98 valence electrons. The van der Waals surface area contributed by atoms with Crippen molar-refractivity contribution in [1.29, 1.82) is 0 Å². The number of rotatable bonds is 4. The van der Waals surface area contributed by atoms with Crippen LogP contribution in [0, 0.1) is 0 Å². The average molecular weight is 310 g/mol. The molecule has 1 N–H and O–H groups in total. The molecule has 0 atom stereocenters. The number of aromatic nitrogens is 4. The van der Waals surface area contributed by atoms with Crippen LogP contribution in [0.25, 0.3) is 5.65 Å². The molecule has 0 bridgehead atoms. The van der Waals surface area contributed by atoms with E-state index in [1.807, 2.05) is 35.1 Å². The largest absolute Gasteiger partial charge is 0.390 e. The zero-order chi connectivity index (χ0) is 13.2. The summed E-state index contributed by atoms with van der Waals surface area (Å²) in [5.74, 6) is 0. The second-order valence-corrected chi connectivity index (χ2v) is 6.86. The lowest BCUT2D eigenvalue weighted by atomic mass is 10.4. The van der Waals surface area contributed by atoms with Gasteiger partial charge in [-0.25, -0.2) is 4.98 Å². The molecule has 3 aromatic heterocycles. The fourth-order valence-corrected chi connectivity index (χ4v) is 4.12. The van der Waals surface area contributed by atoms with Crippen LogP contribution in [0.3, 0.4) is 0 Å². The summed E-state index contributed by atoms with van der Waals surface area (Å²) in [4.78, 5) is 4.51. The standard InChI is InChI=1S/C11H10N4OS3/c1-17-10-13-14-11(19-10)18-9-7(6-16)15-5-3-2-4-8(15)12-9/h2-5,16H,6H2,1H3. The van der Waals surface area contributed by atoms with Gasteiger partial charge >= 0.3 is 0 Å². The first-order valence-corrected chi connectivity index (χ1v) is 8.29. The van der Waals surface area contributed by atoms with Crippen molar-refractivity contribution in [2.45, 2.75) is 20.3 Å². The lowest BCUT2D eigenvalue weighted by Gasteiger charge is -1.98. The number of fused-ring (bicyclic) bond motifs is 1. The van der Waals surface area contributed by atoms with Gasteiger partial charge in [-0.2, -0.15) is 0 Å². The molecule has 3 rings (SSSR count). The summed E-state index contributed by atoms with van der Waals surface area (Å²) in [7, 11) is 0. The van der Waals surface area contributed by atoms with Crippen molar-refractivity contribution < 1.29 is 5.11 Å². The quantitative estimate of drug-likeness (QED) is 0.747. The van der Waals surface area contributed by atoms with E-state index in [-0.39, 0.29) is 6.61 Å². The van der Waals surface area contributed by atoms with Crippen LogP contribution < -0.4 is 0 Å². The van der Waals surface area contributed by atoms with Gasteiger partial charge in [0, 0.05) is 6.20 Å². The highest BCUT2D eigenvalue weighted by molar-refractivity contribution is 8.03. The van der Waals surface area contributed by atoms with Crippen LogP contribution >= 0.6 is 34.9 Å². The summed E-state index contributed by atoms with van der Waals surface area (Å²) in [6.07, 6.45) is 3.87. The first kappa shape index (κ1) is 12.9.